The average molecular weight is 413 g/mol. The van der Waals surface area contributed by atoms with E-state index in [4.69, 9.17) is 9.47 Å². The molecule has 2 atom stereocenters. The van der Waals surface area contributed by atoms with Crippen LogP contribution in [0.1, 0.15) is 6.92 Å². The van der Waals surface area contributed by atoms with Gasteiger partial charge in [0.15, 0.2) is 0 Å². The highest BCUT2D eigenvalue weighted by Crippen LogP contribution is 2.32. The van der Waals surface area contributed by atoms with Crippen molar-refractivity contribution in [2.24, 2.45) is 0 Å². The summed E-state index contributed by atoms with van der Waals surface area (Å²) >= 11 is 0. The lowest BCUT2D eigenvalue weighted by Crippen LogP contribution is -2.22. The van der Waals surface area contributed by atoms with Gasteiger partial charge in [-0.2, -0.15) is 0 Å². The molecule has 30 heavy (non-hydrogen) atoms. The highest BCUT2D eigenvalue weighted by molar-refractivity contribution is 5.79. The Labute approximate surface area is 173 Å². The van der Waals surface area contributed by atoms with E-state index in [1.54, 1.807) is 43.3 Å². The molecule has 0 fully saturated rings. The maximum absolute atomic E-state index is 13.5. The highest BCUT2D eigenvalue weighted by Gasteiger charge is 2.31. The highest BCUT2D eigenvalue weighted by atomic mass is 19.1. The van der Waals surface area contributed by atoms with Gasteiger partial charge in [-0.3, -0.25) is 9.48 Å². The molecule has 1 aromatic carbocycles. The molecule has 2 aromatic heterocycles. The van der Waals surface area contributed by atoms with Crippen molar-refractivity contribution in [3.63, 3.8) is 0 Å². The van der Waals surface area contributed by atoms with Crippen LogP contribution in [0.25, 0.3) is 22.5 Å². The Hall–Kier alpha value is -3.04. The smallest absolute Gasteiger partial charge is 0.275 e. The van der Waals surface area contributed by atoms with Crippen LogP contribution in [-0.2, 0) is 22.6 Å². The maximum atomic E-state index is 13.5. The largest absolute Gasteiger partial charge is 0.383 e. The second-order valence-electron chi connectivity index (χ2n) is 7.32. The summed E-state index contributed by atoms with van der Waals surface area (Å²) in [5.41, 5.74) is 2.23. The van der Waals surface area contributed by atoms with Gasteiger partial charge >= 0.3 is 0 Å². The molecule has 9 heteroatoms. The summed E-state index contributed by atoms with van der Waals surface area (Å²) in [6, 6.07) is 7.71. The van der Waals surface area contributed by atoms with Crippen molar-refractivity contribution < 1.29 is 13.9 Å². The number of fused-ring (bicyclic) bond motifs is 1. The van der Waals surface area contributed by atoms with Crippen molar-refractivity contribution in [3.05, 3.63) is 52.7 Å². The van der Waals surface area contributed by atoms with Crippen molar-refractivity contribution in [2.45, 2.75) is 32.2 Å². The van der Waals surface area contributed by atoms with Crippen LogP contribution in [0.2, 0.25) is 0 Å². The lowest BCUT2D eigenvalue weighted by molar-refractivity contribution is 0.0994. The number of ether oxygens (including phenoxy) is 2. The number of hydrogen-bond donors (Lipinski definition) is 1. The molecule has 0 aliphatic carbocycles. The standard InChI is InChI=1S/C21H24FN5O3/c1-13(12-29-2)24-21-23-9-8-17(25-21)19-18(14-4-6-15(22)7-5-14)20(28)27-11-16(30-3)10-26(19)27/h4-9,13,16H,10-12H2,1-3H3,(H,23,24,25). The van der Waals surface area contributed by atoms with Crippen molar-refractivity contribution >= 4 is 5.95 Å². The van der Waals surface area contributed by atoms with Gasteiger partial charge in [-0.1, -0.05) is 12.1 Å². The van der Waals surface area contributed by atoms with E-state index in [0.717, 1.165) is 0 Å². The summed E-state index contributed by atoms with van der Waals surface area (Å²) in [5, 5.41) is 3.20. The first kappa shape index (κ1) is 20.2. The molecule has 3 heterocycles. The Balaban J connectivity index is 1.84. The van der Waals surface area contributed by atoms with E-state index >= 15 is 0 Å². The summed E-state index contributed by atoms with van der Waals surface area (Å²) in [6.07, 6.45) is 1.55. The number of hydrogen-bond acceptors (Lipinski definition) is 6. The summed E-state index contributed by atoms with van der Waals surface area (Å²) in [5.74, 6) is 0.0867. The number of nitrogens with zero attached hydrogens (tertiary/aromatic N) is 4. The van der Waals surface area contributed by atoms with Gasteiger partial charge in [0.25, 0.3) is 5.56 Å². The quantitative estimate of drug-likeness (QED) is 0.640. The van der Waals surface area contributed by atoms with Crippen molar-refractivity contribution in [1.29, 1.82) is 0 Å². The van der Waals surface area contributed by atoms with Gasteiger partial charge in [0.05, 0.1) is 42.8 Å². The molecule has 0 spiro atoms. The molecule has 0 amide bonds. The van der Waals surface area contributed by atoms with Gasteiger partial charge in [-0.15, -0.1) is 0 Å². The summed E-state index contributed by atoms with van der Waals surface area (Å²) in [7, 11) is 3.26. The molecule has 0 saturated carbocycles. The van der Waals surface area contributed by atoms with Gasteiger partial charge < -0.3 is 14.8 Å². The van der Waals surface area contributed by atoms with Crippen molar-refractivity contribution in [2.75, 3.05) is 26.1 Å². The normalized spacial score (nSPS) is 16.5. The lowest BCUT2D eigenvalue weighted by Gasteiger charge is -2.14. The van der Waals surface area contributed by atoms with Gasteiger partial charge in [0, 0.05) is 26.5 Å². The van der Waals surface area contributed by atoms with Crippen LogP contribution in [0.4, 0.5) is 10.3 Å². The molecule has 0 radical (unpaired) electrons. The molecule has 158 valence electrons. The first-order valence-corrected chi connectivity index (χ1v) is 9.73. The van der Waals surface area contributed by atoms with Crippen LogP contribution in [0, 0.1) is 5.82 Å². The lowest BCUT2D eigenvalue weighted by atomic mass is 10.0. The number of halogens is 1. The molecule has 1 aliphatic rings. The molecule has 0 bridgehead atoms. The third kappa shape index (κ3) is 3.73. The van der Waals surface area contributed by atoms with Crippen LogP contribution in [0.3, 0.4) is 0 Å². The molecule has 2 unspecified atom stereocenters. The monoisotopic (exact) mass is 413 g/mol. The van der Waals surface area contributed by atoms with Crippen molar-refractivity contribution in [3.8, 4) is 22.5 Å². The SMILES string of the molecule is COCC(C)Nc1nccc(-c2c(-c3ccc(F)cc3)c(=O)n3n2CC(OC)C3)n1. The molecule has 8 nitrogen and oxygen atoms in total. The van der Waals surface area contributed by atoms with E-state index in [1.807, 2.05) is 11.6 Å². The summed E-state index contributed by atoms with van der Waals surface area (Å²) < 4.78 is 27.7. The number of anilines is 1. The van der Waals surface area contributed by atoms with E-state index < -0.39 is 0 Å². The number of methoxy groups -OCH3 is 2. The average Bonchev–Trinajstić information content (AvgIpc) is 3.27. The van der Waals surface area contributed by atoms with Gasteiger partial charge in [-0.25, -0.2) is 19.0 Å². The fraction of sp³-hybridized carbons (Fsp3) is 0.381. The van der Waals surface area contributed by atoms with Gasteiger partial charge in [0.2, 0.25) is 5.95 Å². The van der Waals surface area contributed by atoms with Crippen molar-refractivity contribution in [1.82, 2.24) is 19.3 Å². The van der Waals surface area contributed by atoms with Crippen LogP contribution >= 0.6 is 0 Å². The zero-order valence-corrected chi connectivity index (χ0v) is 17.1. The Morgan fingerprint density at radius 2 is 1.93 bits per heavy atom. The summed E-state index contributed by atoms with van der Waals surface area (Å²) in [6.45, 7) is 3.44. The van der Waals surface area contributed by atoms with Gasteiger partial charge in [-0.05, 0) is 30.7 Å². The van der Waals surface area contributed by atoms with E-state index in [9.17, 15) is 9.18 Å². The first-order valence-electron chi connectivity index (χ1n) is 9.73. The third-order valence-electron chi connectivity index (χ3n) is 5.14. The molecule has 0 saturated heterocycles. The van der Waals surface area contributed by atoms with E-state index in [1.165, 1.54) is 12.1 Å². The fourth-order valence-corrected chi connectivity index (χ4v) is 3.76. The van der Waals surface area contributed by atoms with E-state index in [2.05, 4.69) is 15.3 Å². The third-order valence-corrected chi connectivity index (χ3v) is 5.14. The van der Waals surface area contributed by atoms with Gasteiger partial charge in [0.1, 0.15) is 5.82 Å². The van der Waals surface area contributed by atoms with Crippen LogP contribution in [0.15, 0.2) is 41.3 Å². The Morgan fingerprint density at radius 3 is 2.63 bits per heavy atom. The molecule has 1 N–H and O–H groups in total. The molecular weight excluding hydrogens is 389 g/mol. The van der Waals surface area contributed by atoms with Crippen LogP contribution in [-0.4, -0.2) is 52.3 Å². The summed E-state index contributed by atoms with van der Waals surface area (Å²) in [4.78, 5) is 22.2. The fourth-order valence-electron chi connectivity index (χ4n) is 3.76. The Kier molecular flexibility index (Phi) is 5.65. The maximum Gasteiger partial charge on any atom is 0.275 e. The molecule has 4 rings (SSSR count). The minimum Gasteiger partial charge on any atom is -0.383 e. The Morgan fingerprint density at radius 1 is 1.20 bits per heavy atom. The minimum absolute atomic E-state index is 0.0159. The van der Waals surface area contributed by atoms with E-state index in [-0.39, 0.29) is 23.5 Å². The van der Waals surface area contributed by atoms with Crippen LogP contribution < -0.4 is 10.9 Å². The second kappa shape index (κ2) is 8.37. The zero-order chi connectivity index (χ0) is 21.3. The van der Waals surface area contributed by atoms with E-state index in [0.29, 0.717) is 48.2 Å². The Bertz CT molecular complexity index is 1090. The predicted molar refractivity (Wildman–Crippen MR) is 111 cm³/mol. The second-order valence-corrected chi connectivity index (χ2v) is 7.32. The zero-order valence-electron chi connectivity index (χ0n) is 17.1. The molecule has 3 aromatic rings. The number of benzene rings is 1. The predicted octanol–water partition coefficient (Wildman–Crippen LogP) is 2.39. The van der Waals surface area contributed by atoms with Crippen LogP contribution in [0.5, 0.6) is 0 Å². The topological polar surface area (TPSA) is 83.2 Å². The number of nitrogens with one attached hydrogen (secondary N) is 1. The molecule has 1 aliphatic heterocycles. The first-order chi connectivity index (χ1) is 14.5. The molecular formula is C21H24FN5O3. The number of aromatic nitrogens is 4. The number of rotatable bonds is 7. The minimum atomic E-state index is -0.354.